The first kappa shape index (κ1) is 14.7. The Morgan fingerprint density at radius 3 is 2.67 bits per heavy atom. The van der Waals surface area contributed by atoms with Crippen LogP contribution >= 0.6 is 0 Å². The molecule has 0 aliphatic rings. The van der Waals surface area contributed by atoms with E-state index < -0.39 is 22.0 Å². The molecule has 18 heavy (non-hydrogen) atoms. The molecule has 0 aliphatic carbocycles. The maximum atomic E-state index is 11.7. The van der Waals surface area contributed by atoms with Gasteiger partial charge in [-0.1, -0.05) is 0 Å². The highest BCUT2D eigenvalue weighted by Crippen LogP contribution is 2.16. The van der Waals surface area contributed by atoms with Gasteiger partial charge in [-0.05, 0) is 32.4 Å². The number of rotatable bonds is 7. The summed E-state index contributed by atoms with van der Waals surface area (Å²) in [6.07, 6.45) is -0.0658. The Hall–Kier alpha value is -1.34. The van der Waals surface area contributed by atoms with Gasteiger partial charge in [0, 0.05) is 6.42 Å². The number of furan rings is 1. The van der Waals surface area contributed by atoms with Crippen molar-refractivity contribution in [2.75, 3.05) is 5.75 Å². The van der Waals surface area contributed by atoms with E-state index in [1.54, 1.807) is 26.0 Å². The minimum absolute atomic E-state index is 0.0918. The predicted octanol–water partition coefficient (Wildman–Crippen LogP) is 1.43. The fraction of sp³-hybridized carbons (Fsp3) is 0.545. The molecule has 0 saturated heterocycles. The molecule has 102 valence electrons. The third kappa shape index (κ3) is 4.89. The quantitative estimate of drug-likeness (QED) is 0.784. The smallest absolute Gasteiger partial charge is 0.303 e. The Balaban J connectivity index is 2.52. The second kappa shape index (κ2) is 6.01. The van der Waals surface area contributed by atoms with Gasteiger partial charge >= 0.3 is 5.97 Å². The molecular weight excluding hydrogens is 258 g/mol. The lowest BCUT2D eigenvalue weighted by Gasteiger charge is -2.11. The van der Waals surface area contributed by atoms with Gasteiger partial charge in [-0.3, -0.25) is 4.79 Å². The summed E-state index contributed by atoms with van der Waals surface area (Å²) >= 11 is 0. The first-order chi connectivity index (χ1) is 8.30. The second-order valence-electron chi connectivity index (χ2n) is 4.10. The van der Waals surface area contributed by atoms with E-state index in [9.17, 15) is 13.2 Å². The molecule has 0 radical (unpaired) electrons. The van der Waals surface area contributed by atoms with Crippen LogP contribution < -0.4 is 4.72 Å². The van der Waals surface area contributed by atoms with Gasteiger partial charge in [0.15, 0.2) is 0 Å². The fourth-order valence-electron chi connectivity index (χ4n) is 1.49. The van der Waals surface area contributed by atoms with Crippen LogP contribution in [-0.2, 0) is 14.8 Å². The van der Waals surface area contributed by atoms with Crippen molar-refractivity contribution >= 4 is 16.0 Å². The van der Waals surface area contributed by atoms with E-state index in [1.807, 2.05) is 0 Å². The van der Waals surface area contributed by atoms with Crippen molar-refractivity contribution in [3.8, 4) is 0 Å². The Labute approximate surface area is 106 Å². The summed E-state index contributed by atoms with van der Waals surface area (Å²) in [7, 11) is -3.49. The number of carboxylic acid groups (broad SMARTS) is 1. The van der Waals surface area contributed by atoms with Gasteiger partial charge < -0.3 is 9.52 Å². The largest absolute Gasteiger partial charge is 0.481 e. The Bertz CT molecular complexity index is 505. The summed E-state index contributed by atoms with van der Waals surface area (Å²) in [6.45, 7) is 3.45. The molecule has 0 amide bonds. The Morgan fingerprint density at radius 2 is 2.17 bits per heavy atom. The summed E-state index contributed by atoms with van der Waals surface area (Å²) < 4.78 is 31.1. The maximum absolute atomic E-state index is 11.7. The average molecular weight is 275 g/mol. The molecule has 0 aliphatic heterocycles. The van der Waals surface area contributed by atoms with Crippen LogP contribution in [0, 0.1) is 6.92 Å². The van der Waals surface area contributed by atoms with E-state index >= 15 is 0 Å². The summed E-state index contributed by atoms with van der Waals surface area (Å²) in [5, 5.41) is 8.44. The normalized spacial score (nSPS) is 13.4. The minimum atomic E-state index is -3.49. The molecule has 2 N–H and O–H groups in total. The average Bonchev–Trinajstić information content (AvgIpc) is 2.63. The molecule has 7 heteroatoms. The van der Waals surface area contributed by atoms with Gasteiger partial charge in [0.05, 0.1) is 11.8 Å². The van der Waals surface area contributed by atoms with Gasteiger partial charge in [0.25, 0.3) is 0 Å². The number of hydrogen-bond donors (Lipinski definition) is 2. The van der Waals surface area contributed by atoms with Gasteiger partial charge in [0.2, 0.25) is 10.0 Å². The minimum Gasteiger partial charge on any atom is -0.481 e. The molecular formula is C11H17NO5S. The molecule has 0 spiro atoms. The number of carboxylic acids is 1. The topological polar surface area (TPSA) is 96.6 Å². The van der Waals surface area contributed by atoms with Crippen LogP contribution in [0.5, 0.6) is 0 Å². The lowest BCUT2D eigenvalue weighted by atomic mass is 10.3. The zero-order valence-electron chi connectivity index (χ0n) is 10.3. The van der Waals surface area contributed by atoms with Crippen molar-refractivity contribution in [2.45, 2.75) is 32.7 Å². The van der Waals surface area contributed by atoms with Crippen LogP contribution in [-0.4, -0.2) is 25.2 Å². The Kier molecular flexibility index (Phi) is 4.92. The van der Waals surface area contributed by atoms with E-state index in [0.29, 0.717) is 11.5 Å². The lowest BCUT2D eigenvalue weighted by molar-refractivity contribution is -0.137. The highest BCUT2D eigenvalue weighted by atomic mass is 32.2. The molecule has 0 bridgehead atoms. The molecule has 1 heterocycles. The molecule has 1 aromatic rings. The van der Waals surface area contributed by atoms with Crippen LogP contribution in [0.2, 0.25) is 0 Å². The van der Waals surface area contributed by atoms with Crippen molar-refractivity contribution in [1.82, 2.24) is 4.72 Å². The monoisotopic (exact) mass is 275 g/mol. The standard InChI is InChI=1S/C11H17NO5S/c1-8-5-6-10(17-8)9(2)12-18(15,16)7-3-4-11(13)14/h5-6,9,12H,3-4,7H2,1-2H3,(H,13,14). The van der Waals surface area contributed by atoms with Gasteiger partial charge in [0.1, 0.15) is 11.5 Å². The van der Waals surface area contributed by atoms with Gasteiger partial charge in [-0.15, -0.1) is 0 Å². The first-order valence-corrected chi connectivity index (χ1v) is 7.23. The van der Waals surface area contributed by atoms with Crippen molar-refractivity contribution < 1.29 is 22.7 Å². The van der Waals surface area contributed by atoms with Crippen molar-refractivity contribution in [3.63, 3.8) is 0 Å². The first-order valence-electron chi connectivity index (χ1n) is 5.58. The number of sulfonamides is 1. The second-order valence-corrected chi connectivity index (χ2v) is 5.98. The van der Waals surface area contributed by atoms with Gasteiger partial charge in [-0.2, -0.15) is 0 Å². The number of nitrogens with one attached hydrogen (secondary N) is 1. The van der Waals surface area contributed by atoms with Crippen LogP contribution in [0.25, 0.3) is 0 Å². The zero-order chi connectivity index (χ0) is 13.8. The molecule has 0 saturated carbocycles. The molecule has 1 unspecified atom stereocenters. The van der Waals surface area contributed by atoms with Crippen LogP contribution in [0.3, 0.4) is 0 Å². The number of hydrogen-bond acceptors (Lipinski definition) is 4. The van der Waals surface area contributed by atoms with Gasteiger partial charge in [-0.25, -0.2) is 13.1 Å². The number of aliphatic carboxylic acids is 1. The summed E-state index contributed by atoms with van der Waals surface area (Å²) in [4.78, 5) is 10.3. The maximum Gasteiger partial charge on any atom is 0.303 e. The summed E-state index contributed by atoms with van der Waals surface area (Å²) in [5.41, 5.74) is 0. The zero-order valence-corrected chi connectivity index (χ0v) is 11.2. The summed E-state index contributed by atoms with van der Waals surface area (Å²) in [5.74, 6) is 0.0414. The van der Waals surface area contributed by atoms with Crippen molar-refractivity contribution in [2.24, 2.45) is 0 Å². The SMILES string of the molecule is Cc1ccc(C(C)NS(=O)(=O)CCCC(=O)O)o1. The van der Waals surface area contributed by atoms with Crippen molar-refractivity contribution in [3.05, 3.63) is 23.7 Å². The Morgan fingerprint density at radius 1 is 1.50 bits per heavy atom. The molecule has 0 fully saturated rings. The van der Waals surface area contributed by atoms with Crippen LogP contribution in [0.15, 0.2) is 16.5 Å². The van der Waals surface area contributed by atoms with Crippen LogP contribution in [0.4, 0.5) is 0 Å². The third-order valence-electron chi connectivity index (χ3n) is 2.35. The fourth-order valence-corrected chi connectivity index (χ4v) is 2.78. The molecule has 6 nitrogen and oxygen atoms in total. The van der Waals surface area contributed by atoms with Crippen molar-refractivity contribution in [1.29, 1.82) is 0 Å². The number of aryl methyl sites for hydroxylation is 1. The third-order valence-corrected chi connectivity index (χ3v) is 3.89. The van der Waals surface area contributed by atoms with E-state index in [0.717, 1.165) is 0 Å². The molecule has 1 rings (SSSR count). The van der Waals surface area contributed by atoms with E-state index in [2.05, 4.69) is 4.72 Å². The van der Waals surface area contributed by atoms with E-state index in [-0.39, 0.29) is 18.6 Å². The highest BCUT2D eigenvalue weighted by Gasteiger charge is 2.18. The number of carbonyl (C=O) groups is 1. The lowest BCUT2D eigenvalue weighted by Crippen LogP contribution is -2.29. The molecule has 1 atom stereocenters. The molecule has 1 aromatic heterocycles. The van der Waals surface area contributed by atoms with E-state index in [1.165, 1.54) is 0 Å². The van der Waals surface area contributed by atoms with E-state index in [4.69, 9.17) is 9.52 Å². The summed E-state index contributed by atoms with van der Waals surface area (Å²) in [6, 6.07) is 3.00. The predicted molar refractivity (Wildman–Crippen MR) is 65.7 cm³/mol. The highest BCUT2D eigenvalue weighted by molar-refractivity contribution is 7.89. The van der Waals surface area contributed by atoms with Crippen LogP contribution in [0.1, 0.15) is 37.3 Å². The molecule has 0 aromatic carbocycles.